The molecule has 0 aromatic heterocycles. The second-order valence-electron chi connectivity index (χ2n) is 4.77. The van der Waals surface area contributed by atoms with Crippen LogP contribution in [0, 0.1) is 11.7 Å². The van der Waals surface area contributed by atoms with Crippen molar-refractivity contribution in [1.29, 1.82) is 0 Å². The smallest absolute Gasteiger partial charge is 0.126 e. The molecule has 0 nitrogen and oxygen atoms in total. The summed E-state index contributed by atoms with van der Waals surface area (Å²) in [6, 6.07) is 7.00. The van der Waals surface area contributed by atoms with Crippen LogP contribution in [0.2, 0.25) is 0 Å². The molecule has 0 N–H and O–H groups in total. The molecule has 1 aliphatic carbocycles. The number of hydrogen-bond acceptors (Lipinski definition) is 0. The second-order valence-corrected chi connectivity index (χ2v) is 4.77. The first kappa shape index (κ1) is 12.8. The van der Waals surface area contributed by atoms with Crippen molar-refractivity contribution in [2.75, 3.05) is 0 Å². The van der Waals surface area contributed by atoms with Crippen LogP contribution in [0.1, 0.15) is 24.8 Å². The van der Waals surface area contributed by atoms with Gasteiger partial charge in [-0.3, -0.25) is 0 Å². The van der Waals surface area contributed by atoms with E-state index in [-0.39, 0.29) is 5.82 Å². The first-order chi connectivity index (χ1) is 8.79. The van der Waals surface area contributed by atoms with Crippen molar-refractivity contribution >= 4 is 0 Å². The van der Waals surface area contributed by atoms with E-state index in [9.17, 15) is 4.39 Å². The highest BCUT2D eigenvalue weighted by Gasteiger charge is 2.09. The SMILES string of the molecule is C=CCCC1C=CC(Cc2ccccc2F)=CC1. The molecule has 0 heterocycles. The van der Waals surface area contributed by atoms with Gasteiger partial charge in [0.2, 0.25) is 0 Å². The quantitative estimate of drug-likeness (QED) is 0.648. The summed E-state index contributed by atoms with van der Waals surface area (Å²) in [5.41, 5.74) is 1.99. The Hall–Kier alpha value is -1.63. The van der Waals surface area contributed by atoms with Gasteiger partial charge in [-0.1, -0.05) is 42.5 Å². The lowest BCUT2D eigenvalue weighted by molar-refractivity contribution is 0.595. The van der Waals surface area contributed by atoms with E-state index < -0.39 is 0 Å². The van der Waals surface area contributed by atoms with Crippen LogP contribution < -0.4 is 0 Å². The molecule has 18 heavy (non-hydrogen) atoms. The fourth-order valence-corrected chi connectivity index (χ4v) is 2.25. The second kappa shape index (κ2) is 6.34. The molecule has 1 atom stereocenters. The molecule has 0 spiro atoms. The first-order valence-electron chi connectivity index (χ1n) is 6.51. The van der Waals surface area contributed by atoms with Crippen LogP contribution in [-0.4, -0.2) is 0 Å². The van der Waals surface area contributed by atoms with Gasteiger partial charge in [-0.25, -0.2) is 4.39 Å². The fourth-order valence-electron chi connectivity index (χ4n) is 2.25. The van der Waals surface area contributed by atoms with Crippen LogP contribution in [0.25, 0.3) is 0 Å². The van der Waals surface area contributed by atoms with E-state index in [1.54, 1.807) is 6.07 Å². The Morgan fingerprint density at radius 1 is 1.33 bits per heavy atom. The number of halogens is 1. The summed E-state index contributed by atoms with van der Waals surface area (Å²) in [6.45, 7) is 3.74. The topological polar surface area (TPSA) is 0 Å². The fraction of sp³-hybridized carbons (Fsp3) is 0.294. The number of hydrogen-bond donors (Lipinski definition) is 0. The number of allylic oxidation sites excluding steroid dienone is 5. The van der Waals surface area contributed by atoms with Gasteiger partial charge in [0.25, 0.3) is 0 Å². The van der Waals surface area contributed by atoms with Gasteiger partial charge in [-0.05, 0) is 48.8 Å². The highest BCUT2D eigenvalue weighted by atomic mass is 19.1. The van der Waals surface area contributed by atoms with Gasteiger partial charge in [0.1, 0.15) is 5.82 Å². The maximum Gasteiger partial charge on any atom is 0.126 e. The zero-order chi connectivity index (χ0) is 12.8. The molecular weight excluding hydrogens is 223 g/mol. The maximum absolute atomic E-state index is 13.5. The molecule has 1 aromatic carbocycles. The van der Waals surface area contributed by atoms with Crippen molar-refractivity contribution in [1.82, 2.24) is 0 Å². The van der Waals surface area contributed by atoms with Gasteiger partial charge in [-0.2, -0.15) is 0 Å². The summed E-state index contributed by atoms with van der Waals surface area (Å²) in [5.74, 6) is 0.507. The van der Waals surface area contributed by atoms with Crippen molar-refractivity contribution in [2.24, 2.45) is 5.92 Å². The van der Waals surface area contributed by atoms with E-state index in [1.807, 2.05) is 18.2 Å². The van der Waals surface area contributed by atoms with Crippen LogP contribution in [-0.2, 0) is 6.42 Å². The summed E-state index contributed by atoms with van der Waals surface area (Å²) >= 11 is 0. The maximum atomic E-state index is 13.5. The summed E-state index contributed by atoms with van der Waals surface area (Å²) in [4.78, 5) is 0. The molecule has 0 saturated carbocycles. The molecule has 1 aliphatic rings. The minimum absolute atomic E-state index is 0.111. The molecule has 0 amide bonds. The summed E-state index contributed by atoms with van der Waals surface area (Å²) in [6.07, 6.45) is 12.6. The van der Waals surface area contributed by atoms with Crippen LogP contribution in [0.15, 0.2) is 60.7 Å². The van der Waals surface area contributed by atoms with E-state index in [2.05, 4.69) is 24.8 Å². The third kappa shape index (κ3) is 3.43. The first-order valence-corrected chi connectivity index (χ1v) is 6.51. The largest absolute Gasteiger partial charge is 0.207 e. The summed E-state index contributed by atoms with van der Waals surface area (Å²) in [5, 5.41) is 0. The summed E-state index contributed by atoms with van der Waals surface area (Å²) < 4.78 is 13.5. The normalized spacial score (nSPS) is 18.5. The van der Waals surface area contributed by atoms with Gasteiger partial charge in [0.05, 0.1) is 0 Å². The van der Waals surface area contributed by atoms with Gasteiger partial charge < -0.3 is 0 Å². The van der Waals surface area contributed by atoms with Crippen molar-refractivity contribution in [3.8, 4) is 0 Å². The predicted molar refractivity (Wildman–Crippen MR) is 74.9 cm³/mol. The Kier molecular flexibility index (Phi) is 4.52. The molecule has 1 unspecified atom stereocenters. The highest BCUT2D eigenvalue weighted by Crippen LogP contribution is 2.23. The zero-order valence-electron chi connectivity index (χ0n) is 10.6. The standard InChI is InChI=1S/C17H19F/c1-2-3-6-14-9-11-15(12-10-14)13-16-7-4-5-8-17(16)18/h2,4-5,7-9,11-12,14H,1,3,6,10,13H2. The molecule has 1 aromatic rings. The minimum Gasteiger partial charge on any atom is -0.207 e. The van der Waals surface area contributed by atoms with Gasteiger partial charge in [-0.15, -0.1) is 6.58 Å². The third-order valence-corrected chi connectivity index (χ3v) is 3.36. The lowest BCUT2D eigenvalue weighted by Gasteiger charge is -2.15. The van der Waals surface area contributed by atoms with Crippen LogP contribution >= 0.6 is 0 Å². The summed E-state index contributed by atoms with van der Waals surface area (Å²) in [7, 11) is 0. The van der Waals surface area contributed by atoms with Crippen molar-refractivity contribution in [3.63, 3.8) is 0 Å². The van der Waals surface area contributed by atoms with E-state index >= 15 is 0 Å². The Labute approximate surface area is 109 Å². The number of benzene rings is 1. The zero-order valence-corrected chi connectivity index (χ0v) is 10.6. The molecule has 0 fully saturated rings. The van der Waals surface area contributed by atoms with E-state index in [1.165, 1.54) is 11.6 Å². The Morgan fingerprint density at radius 2 is 2.17 bits per heavy atom. The minimum atomic E-state index is -0.111. The van der Waals surface area contributed by atoms with Gasteiger partial charge in [0, 0.05) is 0 Å². The lowest BCUT2D eigenvalue weighted by Crippen LogP contribution is -2.01. The molecule has 0 saturated heterocycles. The number of rotatable bonds is 5. The molecular formula is C17H19F. The highest BCUT2D eigenvalue weighted by molar-refractivity contribution is 5.31. The van der Waals surface area contributed by atoms with Crippen LogP contribution in [0.3, 0.4) is 0 Å². The van der Waals surface area contributed by atoms with Gasteiger partial charge in [0.15, 0.2) is 0 Å². The van der Waals surface area contributed by atoms with Crippen molar-refractivity contribution in [3.05, 3.63) is 72.1 Å². The average Bonchev–Trinajstić information content (AvgIpc) is 2.41. The third-order valence-electron chi connectivity index (χ3n) is 3.36. The lowest BCUT2D eigenvalue weighted by atomic mass is 9.90. The van der Waals surface area contributed by atoms with Crippen molar-refractivity contribution < 1.29 is 4.39 Å². The predicted octanol–water partition coefficient (Wildman–Crippen LogP) is 4.84. The van der Waals surface area contributed by atoms with Crippen LogP contribution in [0.5, 0.6) is 0 Å². The Bertz CT molecular complexity index is 468. The van der Waals surface area contributed by atoms with Crippen molar-refractivity contribution in [2.45, 2.75) is 25.7 Å². The van der Waals surface area contributed by atoms with E-state index in [4.69, 9.17) is 0 Å². The molecule has 0 radical (unpaired) electrons. The Balaban J connectivity index is 1.93. The molecule has 0 aliphatic heterocycles. The molecule has 94 valence electrons. The van der Waals surface area contributed by atoms with Gasteiger partial charge >= 0.3 is 0 Å². The molecule has 1 heteroatoms. The van der Waals surface area contributed by atoms with E-state index in [0.717, 1.165) is 24.8 Å². The Morgan fingerprint density at radius 3 is 2.83 bits per heavy atom. The van der Waals surface area contributed by atoms with E-state index in [0.29, 0.717) is 12.3 Å². The monoisotopic (exact) mass is 242 g/mol. The molecule has 2 rings (SSSR count). The molecule has 0 bridgehead atoms. The average molecular weight is 242 g/mol. The van der Waals surface area contributed by atoms with Crippen LogP contribution in [0.4, 0.5) is 4.39 Å².